The molecule has 0 bridgehead atoms. The quantitative estimate of drug-likeness (QED) is 0.838. The molecule has 98 valence electrons. The Morgan fingerprint density at radius 1 is 1.44 bits per heavy atom. The van der Waals surface area contributed by atoms with E-state index in [4.69, 9.17) is 14.3 Å². The van der Waals surface area contributed by atoms with Crippen LogP contribution in [0.3, 0.4) is 0 Å². The van der Waals surface area contributed by atoms with Gasteiger partial charge in [0.15, 0.2) is 6.10 Å². The van der Waals surface area contributed by atoms with E-state index in [2.05, 4.69) is 5.32 Å². The number of ether oxygens (including phenoxy) is 1. The molecule has 1 amide bonds. The van der Waals surface area contributed by atoms with Gasteiger partial charge in [-0.15, -0.1) is 0 Å². The van der Waals surface area contributed by atoms with Gasteiger partial charge in [0.2, 0.25) is 5.91 Å². The van der Waals surface area contributed by atoms with Gasteiger partial charge in [-0.1, -0.05) is 0 Å². The van der Waals surface area contributed by atoms with Crippen LogP contribution in [-0.4, -0.2) is 29.2 Å². The molecule has 1 aromatic rings. The van der Waals surface area contributed by atoms with Gasteiger partial charge in [0.05, 0.1) is 12.3 Å². The minimum Gasteiger partial charge on any atom is -0.479 e. The zero-order valence-corrected chi connectivity index (χ0v) is 9.96. The minimum absolute atomic E-state index is 0.264. The highest BCUT2D eigenvalue weighted by Gasteiger charge is 2.35. The molecule has 2 heterocycles. The molecule has 0 spiro atoms. The molecule has 0 aromatic carbocycles. The average molecular weight is 253 g/mol. The lowest BCUT2D eigenvalue weighted by Gasteiger charge is -2.15. The molecule has 2 N–H and O–H groups in total. The number of carboxylic acids is 1. The Morgan fingerprint density at radius 2 is 2.17 bits per heavy atom. The van der Waals surface area contributed by atoms with Crippen molar-refractivity contribution >= 4 is 11.9 Å². The maximum atomic E-state index is 11.8. The summed E-state index contributed by atoms with van der Waals surface area (Å²) >= 11 is 0. The molecule has 0 aliphatic carbocycles. The number of rotatable bonds is 4. The second kappa shape index (κ2) is 5.22. The van der Waals surface area contributed by atoms with E-state index in [1.165, 1.54) is 6.26 Å². The van der Waals surface area contributed by atoms with Crippen LogP contribution in [0, 0.1) is 0 Å². The van der Waals surface area contributed by atoms with Gasteiger partial charge in [-0.3, -0.25) is 4.79 Å². The van der Waals surface area contributed by atoms with E-state index in [1.54, 1.807) is 19.1 Å². The molecule has 1 fully saturated rings. The Hall–Kier alpha value is -1.82. The Kier molecular flexibility index (Phi) is 3.66. The SMILES string of the molecule is CC(NC(=O)C1CCC(C(=O)O)O1)c1ccco1. The monoisotopic (exact) mass is 253 g/mol. The molecular weight excluding hydrogens is 238 g/mol. The van der Waals surface area contributed by atoms with Crippen LogP contribution in [0.1, 0.15) is 31.6 Å². The van der Waals surface area contributed by atoms with Crippen LogP contribution in [0.15, 0.2) is 22.8 Å². The second-order valence-electron chi connectivity index (χ2n) is 4.27. The van der Waals surface area contributed by atoms with Crippen molar-refractivity contribution in [1.29, 1.82) is 0 Å². The summed E-state index contributed by atoms with van der Waals surface area (Å²) in [6.45, 7) is 1.79. The molecule has 1 aliphatic rings. The number of furan rings is 1. The second-order valence-corrected chi connectivity index (χ2v) is 4.27. The number of hydrogen-bond donors (Lipinski definition) is 2. The normalized spacial score (nSPS) is 24.7. The van der Waals surface area contributed by atoms with Crippen molar-refractivity contribution < 1.29 is 23.8 Å². The third-order valence-electron chi connectivity index (χ3n) is 2.92. The van der Waals surface area contributed by atoms with E-state index in [1.807, 2.05) is 0 Å². The van der Waals surface area contributed by atoms with Crippen LogP contribution in [0.4, 0.5) is 0 Å². The summed E-state index contributed by atoms with van der Waals surface area (Å²) in [5, 5.41) is 11.5. The van der Waals surface area contributed by atoms with Crippen molar-refractivity contribution in [1.82, 2.24) is 5.32 Å². The number of carbonyl (C=O) groups excluding carboxylic acids is 1. The molecule has 6 nitrogen and oxygen atoms in total. The van der Waals surface area contributed by atoms with E-state index in [0.29, 0.717) is 18.6 Å². The Labute approximate surface area is 104 Å². The van der Waals surface area contributed by atoms with Crippen LogP contribution in [0.25, 0.3) is 0 Å². The summed E-state index contributed by atoms with van der Waals surface area (Å²) < 4.78 is 10.3. The molecule has 1 saturated heterocycles. The molecule has 6 heteroatoms. The van der Waals surface area contributed by atoms with Gasteiger partial charge >= 0.3 is 5.97 Å². The van der Waals surface area contributed by atoms with Gasteiger partial charge in [0.1, 0.15) is 11.9 Å². The van der Waals surface area contributed by atoms with Gasteiger partial charge in [-0.25, -0.2) is 4.79 Å². The van der Waals surface area contributed by atoms with Gasteiger partial charge in [-0.05, 0) is 31.9 Å². The number of hydrogen-bond acceptors (Lipinski definition) is 4. The van der Waals surface area contributed by atoms with Gasteiger partial charge < -0.3 is 19.6 Å². The van der Waals surface area contributed by atoms with E-state index >= 15 is 0 Å². The third-order valence-corrected chi connectivity index (χ3v) is 2.92. The lowest BCUT2D eigenvalue weighted by atomic mass is 10.1. The highest BCUT2D eigenvalue weighted by molar-refractivity contribution is 5.82. The van der Waals surface area contributed by atoms with Crippen LogP contribution >= 0.6 is 0 Å². The Morgan fingerprint density at radius 3 is 2.72 bits per heavy atom. The van der Waals surface area contributed by atoms with Crippen LogP contribution in [0.5, 0.6) is 0 Å². The molecule has 1 aliphatic heterocycles. The summed E-state index contributed by atoms with van der Waals surface area (Å²) in [5.41, 5.74) is 0. The van der Waals surface area contributed by atoms with E-state index in [-0.39, 0.29) is 11.9 Å². The summed E-state index contributed by atoms with van der Waals surface area (Å²) in [7, 11) is 0. The predicted octanol–water partition coefficient (Wildman–Crippen LogP) is 1.09. The summed E-state index contributed by atoms with van der Waals surface area (Å²) in [6, 6.07) is 3.24. The fourth-order valence-electron chi connectivity index (χ4n) is 1.93. The average Bonchev–Trinajstić information content (AvgIpc) is 3.00. The Balaban J connectivity index is 1.87. The smallest absolute Gasteiger partial charge is 0.332 e. The van der Waals surface area contributed by atoms with E-state index < -0.39 is 18.2 Å². The van der Waals surface area contributed by atoms with Crippen molar-refractivity contribution in [2.75, 3.05) is 0 Å². The standard InChI is InChI=1S/C12H15NO5/c1-7(8-3-2-6-17-8)13-11(14)9-4-5-10(18-9)12(15)16/h2-3,6-7,9-10H,4-5H2,1H3,(H,13,14)(H,15,16). The van der Waals surface area contributed by atoms with Crippen molar-refractivity contribution in [2.45, 2.75) is 38.0 Å². The molecule has 18 heavy (non-hydrogen) atoms. The maximum Gasteiger partial charge on any atom is 0.332 e. The largest absolute Gasteiger partial charge is 0.479 e. The zero-order valence-electron chi connectivity index (χ0n) is 9.96. The third kappa shape index (κ3) is 2.70. The van der Waals surface area contributed by atoms with Crippen LogP contribution in [-0.2, 0) is 14.3 Å². The van der Waals surface area contributed by atoms with Gasteiger partial charge in [-0.2, -0.15) is 0 Å². The molecular formula is C12H15NO5. The van der Waals surface area contributed by atoms with Crippen molar-refractivity contribution in [3.05, 3.63) is 24.2 Å². The number of carbonyl (C=O) groups is 2. The highest BCUT2D eigenvalue weighted by Crippen LogP contribution is 2.21. The molecule has 1 aromatic heterocycles. The first-order chi connectivity index (χ1) is 8.58. The summed E-state index contributed by atoms with van der Waals surface area (Å²) in [6.07, 6.45) is 0.754. The lowest BCUT2D eigenvalue weighted by molar-refractivity contribution is -0.151. The van der Waals surface area contributed by atoms with Gasteiger partial charge in [0.25, 0.3) is 0 Å². The van der Waals surface area contributed by atoms with Crippen molar-refractivity contribution in [3.8, 4) is 0 Å². The summed E-state index contributed by atoms with van der Waals surface area (Å²) in [5.74, 6) is -0.678. The lowest BCUT2D eigenvalue weighted by Crippen LogP contribution is -2.36. The summed E-state index contributed by atoms with van der Waals surface area (Å²) in [4.78, 5) is 22.6. The topological polar surface area (TPSA) is 88.8 Å². The number of aliphatic carboxylic acids is 1. The van der Waals surface area contributed by atoms with Crippen LogP contribution < -0.4 is 5.32 Å². The minimum atomic E-state index is -1.02. The fourth-order valence-corrected chi connectivity index (χ4v) is 1.93. The van der Waals surface area contributed by atoms with E-state index in [0.717, 1.165) is 0 Å². The Bertz CT molecular complexity index is 428. The van der Waals surface area contributed by atoms with Crippen molar-refractivity contribution in [2.24, 2.45) is 0 Å². The highest BCUT2D eigenvalue weighted by atomic mass is 16.5. The molecule has 0 saturated carbocycles. The first-order valence-electron chi connectivity index (χ1n) is 5.80. The first-order valence-corrected chi connectivity index (χ1v) is 5.80. The fraction of sp³-hybridized carbons (Fsp3) is 0.500. The number of nitrogens with one attached hydrogen (secondary N) is 1. The number of carboxylic acid groups (broad SMARTS) is 1. The number of amides is 1. The maximum absolute atomic E-state index is 11.8. The molecule has 3 unspecified atom stereocenters. The molecule has 2 rings (SSSR count). The van der Waals surface area contributed by atoms with Gasteiger partial charge in [0, 0.05) is 0 Å². The zero-order chi connectivity index (χ0) is 13.1. The molecule has 0 radical (unpaired) electrons. The first kappa shape index (κ1) is 12.6. The molecule has 3 atom stereocenters. The van der Waals surface area contributed by atoms with Crippen LogP contribution in [0.2, 0.25) is 0 Å². The predicted molar refractivity (Wildman–Crippen MR) is 60.8 cm³/mol. The van der Waals surface area contributed by atoms with E-state index in [9.17, 15) is 9.59 Å². The van der Waals surface area contributed by atoms with Crippen molar-refractivity contribution in [3.63, 3.8) is 0 Å².